The first-order valence-corrected chi connectivity index (χ1v) is 5.64. The predicted molar refractivity (Wildman–Crippen MR) is 64.4 cm³/mol. The Labute approximate surface area is 105 Å². The molecule has 0 radical (unpaired) electrons. The van der Waals surface area contributed by atoms with Gasteiger partial charge in [0.1, 0.15) is 18.3 Å². The normalized spacial score (nSPS) is 35.5. The molecule has 1 fully saturated rings. The second kappa shape index (κ2) is 7.42. The van der Waals surface area contributed by atoms with Crippen LogP contribution < -0.4 is 5.73 Å². The first-order valence-electron chi connectivity index (χ1n) is 5.64. The summed E-state index contributed by atoms with van der Waals surface area (Å²) in [5.74, 6) is 0. The zero-order chi connectivity index (χ0) is 13.5. The summed E-state index contributed by atoms with van der Waals surface area (Å²) in [6.07, 6.45) is -4.85. The summed E-state index contributed by atoms with van der Waals surface area (Å²) in [5.41, 5.74) is 5.26. The lowest BCUT2D eigenvalue weighted by molar-refractivity contribution is -0.248. The number of benzene rings is 1. The molecule has 0 amide bonds. The standard InChI is InChI=1S/C6H13NO5.C6H6/c7-3-5(10)4(9)2(1-8)12-6(3)11;1-2-4-6-5-3-1/h2-6,8-11H,1,7H2;1-6H/t2-,3-,4-,5-,6?;/m1./s1. The van der Waals surface area contributed by atoms with Crippen molar-refractivity contribution in [2.75, 3.05) is 6.61 Å². The average Bonchev–Trinajstić information content (AvgIpc) is 2.43. The molecule has 1 aromatic rings. The largest absolute Gasteiger partial charge is 0.394 e. The molecule has 1 unspecified atom stereocenters. The second-order valence-electron chi connectivity index (χ2n) is 3.96. The molecule has 1 aromatic carbocycles. The minimum Gasteiger partial charge on any atom is -0.394 e. The number of rotatable bonds is 1. The van der Waals surface area contributed by atoms with Gasteiger partial charge in [-0.25, -0.2) is 0 Å². The Hall–Kier alpha value is -1.02. The maximum Gasteiger partial charge on any atom is 0.173 e. The second-order valence-corrected chi connectivity index (χ2v) is 3.96. The molecule has 1 saturated heterocycles. The lowest BCUT2D eigenvalue weighted by atomic mass is 9.98. The first kappa shape index (κ1) is 15.0. The van der Waals surface area contributed by atoms with Gasteiger partial charge in [0.15, 0.2) is 6.29 Å². The molecule has 0 aromatic heterocycles. The quantitative estimate of drug-likeness (QED) is 0.415. The van der Waals surface area contributed by atoms with Gasteiger partial charge >= 0.3 is 0 Å². The van der Waals surface area contributed by atoms with Gasteiger partial charge in [0.25, 0.3) is 0 Å². The fraction of sp³-hybridized carbons (Fsp3) is 0.500. The van der Waals surface area contributed by atoms with Crippen molar-refractivity contribution in [2.24, 2.45) is 5.73 Å². The van der Waals surface area contributed by atoms with Gasteiger partial charge in [0, 0.05) is 0 Å². The van der Waals surface area contributed by atoms with E-state index in [9.17, 15) is 10.2 Å². The zero-order valence-electron chi connectivity index (χ0n) is 9.83. The van der Waals surface area contributed by atoms with E-state index in [1.54, 1.807) is 0 Å². The molecule has 0 spiro atoms. The Morgan fingerprint density at radius 1 is 0.889 bits per heavy atom. The Bertz CT molecular complexity index is 292. The van der Waals surface area contributed by atoms with E-state index in [1.165, 1.54) is 0 Å². The van der Waals surface area contributed by atoms with E-state index in [2.05, 4.69) is 0 Å². The van der Waals surface area contributed by atoms with Crippen molar-refractivity contribution in [3.05, 3.63) is 36.4 Å². The summed E-state index contributed by atoms with van der Waals surface area (Å²) < 4.78 is 4.70. The molecule has 0 bridgehead atoms. The van der Waals surface area contributed by atoms with Gasteiger partial charge in [-0.15, -0.1) is 0 Å². The van der Waals surface area contributed by atoms with Crippen molar-refractivity contribution < 1.29 is 25.2 Å². The number of hydrogen-bond donors (Lipinski definition) is 5. The molecule has 6 N–H and O–H groups in total. The Balaban J connectivity index is 0.000000225. The topological polar surface area (TPSA) is 116 Å². The molecule has 0 saturated carbocycles. The van der Waals surface area contributed by atoms with Gasteiger partial charge in [0.2, 0.25) is 0 Å². The molecule has 6 nitrogen and oxygen atoms in total. The summed E-state index contributed by atoms with van der Waals surface area (Å²) in [6.45, 7) is -0.470. The number of aliphatic hydroxyl groups is 4. The minimum atomic E-state index is -1.35. The molecule has 6 heteroatoms. The van der Waals surface area contributed by atoms with E-state index in [-0.39, 0.29) is 0 Å². The van der Waals surface area contributed by atoms with E-state index in [4.69, 9.17) is 20.7 Å². The molecule has 5 atom stereocenters. The van der Waals surface area contributed by atoms with Crippen LogP contribution in [0.15, 0.2) is 36.4 Å². The van der Waals surface area contributed by atoms with Crippen LogP contribution >= 0.6 is 0 Å². The summed E-state index contributed by atoms with van der Waals surface area (Å²) in [7, 11) is 0. The van der Waals surface area contributed by atoms with Crippen LogP contribution in [0.3, 0.4) is 0 Å². The van der Waals surface area contributed by atoms with Crippen molar-refractivity contribution >= 4 is 0 Å². The third kappa shape index (κ3) is 4.02. The Morgan fingerprint density at radius 3 is 1.72 bits per heavy atom. The van der Waals surface area contributed by atoms with Gasteiger partial charge in [-0.05, 0) is 0 Å². The van der Waals surface area contributed by atoms with Gasteiger partial charge in [-0.3, -0.25) is 0 Å². The van der Waals surface area contributed by atoms with Crippen molar-refractivity contribution in [1.29, 1.82) is 0 Å². The smallest absolute Gasteiger partial charge is 0.173 e. The highest BCUT2D eigenvalue weighted by Gasteiger charge is 2.41. The van der Waals surface area contributed by atoms with Crippen LogP contribution in [0, 0.1) is 0 Å². The first-order chi connectivity index (χ1) is 8.57. The predicted octanol–water partition coefficient (Wildman–Crippen LogP) is -1.57. The number of hydrogen-bond acceptors (Lipinski definition) is 6. The van der Waals surface area contributed by atoms with Crippen molar-refractivity contribution in [1.82, 2.24) is 0 Å². The monoisotopic (exact) mass is 257 g/mol. The molecule has 18 heavy (non-hydrogen) atoms. The van der Waals surface area contributed by atoms with Crippen molar-refractivity contribution in [3.63, 3.8) is 0 Å². The highest BCUT2D eigenvalue weighted by molar-refractivity contribution is 4.99. The van der Waals surface area contributed by atoms with Crippen LogP contribution in [0.5, 0.6) is 0 Å². The highest BCUT2D eigenvalue weighted by Crippen LogP contribution is 2.17. The van der Waals surface area contributed by atoms with E-state index in [0.717, 1.165) is 0 Å². The maximum absolute atomic E-state index is 9.20. The summed E-state index contributed by atoms with van der Waals surface area (Å²) in [6, 6.07) is 11.0. The van der Waals surface area contributed by atoms with Crippen LogP contribution in [-0.4, -0.2) is 57.7 Å². The number of aliphatic hydroxyl groups excluding tert-OH is 4. The van der Waals surface area contributed by atoms with Crippen LogP contribution in [0.25, 0.3) is 0 Å². The van der Waals surface area contributed by atoms with E-state index >= 15 is 0 Å². The molecule has 0 aliphatic carbocycles. The Morgan fingerprint density at radius 2 is 1.33 bits per heavy atom. The fourth-order valence-electron chi connectivity index (χ4n) is 1.50. The number of nitrogens with two attached hydrogens (primary N) is 1. The molecular weight excluding hydrogens is 238 g/mol. The lowest BCUT2D eigenvalue weighted by Crippen LogP contribution is -2.61. The molecule has 102 valence electrons. The Kier molecular flexibility index (Phi) is 6.20. The molecule has 1 aliphatic rings. The highest BCUT2D eigenvalue weighted by atomic mass is 16.6. The maximum atomic E-state index is 9.20. The van der Waals surface area contributed by atoms with Gasteiger partial charge in [-0.2, -0.15) is 0 Å². The van der Waals surface area contributed by atoms with Crippen molar-refractivity contribution in [3.8, 4) is 0 Å². The molecule has 2 rings (SSSR count). The third-order valence-corrected chi connectivity index (χ3v) is 2.62. The number of ether oxygens (including phenoxy) is 1. The SMILES string of the molecule is N[C@H]1C(O)O[C@H](CO)[C@@H](O)[C@@H]1O.c1ccccc1. The van der Waals surface area contributed by atoms with E-state index in [0.29, 0.717) is 0 Å². The van der Waals surface area contributed by atoms with E-state index < -0.39 is 37.3 Å². The molecular formula is C12H19NO5. The lowest BCUT2D eigenvalue weighted by Gasteiger charge is -2.38. The zero-order valence-corrected chi connectivity index (χ0v) is 9.83. The molecule has 1 heterocycles. The van der Waals surface area contributed by atoms with Gasteiger partial charge in [-0.1, -0.05) is 36.4 Å². The van der Waals surface area contributed by atoms with Gasteiger partial charge < -0.3 is 30.9 Å². The fourth-order valence-corrected chi connectivity index (χ4v) is 1.50. The summed E-state index contributed by atoms with van der Waals surface area (Å²) >= 11 is 0. The van der Waals surface area contributed by atoms with Crippen molar-refractivity contribution in [2.45, 2.75) is 30.6 Å². The molecule has 1 aliphatic heterocycles. The van der Waals surface area contributed by atoms with Crippen LogP contribution in [0.1, 0.15) is 0 Å². The van der Waals surface area contributed by atoms with Gasteiger partial charge in [0.05, 0.1) is 12.6 Å². The minimum absolute atomic E-state index is 0.470. The average molecular weight is 257 g/mol. The summed E-state index contributed by atoms with van der Waals surface area (Å²) in [5, 5.41) is 36.1. The van der Waals surface area contributed by atoms with Crippen LogP contribution in [-0.2, 0) is 4.74 Å². The van der Waals surface area contributed by atoms with E-state index in [1.807, 2.05) is 36.4 Å². The van der Waals surface area contributed by atoms with Crippen LogP contribution in [0.4, 0.5) is 0 Å². The summed E-state index contributed by atoms with van der Waals surface area (Å²) in [4.78, 5) is 0. The third-order valence-electron chi connectivity index (χ3n) is 2.62. The van der Waals surface area contributed by atoms with Crippen LogP contribution in [0.2, 0.25) is 0 Å².